The molecule has 0 aromatic heterocycles. The van der Waals surface area contributed by atoms with E-state index in [9.17, 15) is 14.4 Å². The summed E-state index contributed by atoms with van der Waals surface area (Å²) < 4.78 is 16.7. The van der Waals surface area contributed by atoms with E-state index < -0.39 is 6.10 Å². The molecule has 0 aromatic carbocycles. The van der Waals surface area contributed by atoms with Crippen LogP contribution in [0, 0.1) is 0 Å². The SMILES string of the molecule is CC/C=C\C/C=C\C/C=C\C/C=C\C/C=C\C/C=C\CCC(=O)OCC(COC(=O)CCCCCCCCCCCC)OC(=O)CCCCCCCCCCCCCCCC. The molecule has 1 unspecified atom stereocenters. The molecule has 0 saturated carbocycles. The van der Waals surface area contributed by atoms with Crippen molar-refractivity contribution in [1.29, 1.82) is 0 Å². The Morgan fingerprint density at radius 1 is 0.344 bits per heavy atom. The third-order valence-corrected chi connectivity index (χ3v) is 10.7. The van der Waals surface area contributed by atoms with Crippen LogP contribution in [0.1, 0.15) is 239 Å². The number of allylic oxidation sites excluding steroid dienone is 12. The molecular formula is C55H94O6. The van der Waals surface area contributed by atoms with Gasteiger partial charge in [0.25, 0.3) is 0 Å². The third kappa shape index (κ3) is 47.7. The molecule has 0 heterocycles. The van der Waals surface area contributed by atoms with Gasteiger partial charge in [0, 0.05) is 19.3 Å². The van der Waals surface area contributed by atoms with Crippen LogP contribution in [-0.2, 0) is 28.6 Å². The van der Waals surface area contributed by atoms with E-state index in [1.54, 1.807) is 0 Å². The molecule has 6 heteroatoms. The number of ether oxygens (including phenoxy) is 3. The molecule has 0 bridgehead atoms. The Morgan fingerprint density at radius 3 is 1.00 bits per heavy atom. The summed E-state index contributed by atoms with van der Waals surface area (Å²) in [4.78, 5) is 37.8. The Hall–Kier alpha value is -3.15. The van der Waals surface area contributed by atoms with Gasteiger partial charge in [-0.2, -0.15) is 0 Å². The minimum atomic E-state index is -0.800. The predicted molar refractivity (Wildman–Crippen MR) is 261 cm³/mol. The van der Waals surface area contributed by atoms with Crippen molar-refractivity contribution in [3.63, 3.8) is 0 Å². The smallest absolute Gasteiger partial charge is 0.306 e. The van der Waals surface area contributed by atoms with E-state index in [1.807, 2.05) is 6.08 Å². The van der Waals surface area contributed by atoms with Gasteiger partial charge in [0.2, 0.25) is 0 Å². The van der Waals surface area contributed by atoms with Gasteiger partial charge in [0.15, 0.2) is 6.10 Å². The van der Waals surface area contributed by atoms with E-state index in [2.05, 4.69) is 87.6 Å². The molecule has 350 valence electrons. The van der Waals surface area contributed by atoms with Gasteiger partial charge in [-0.1, -0.05) is 235 Å². The zero-order valence-corrected chi connectivity index (χ0v) is 39.9. The van der Waals surface area contributed by atoms with Crippen molar-refractivity contribution >= 4 is 17.9 Å². The Labute approximate surface area is 376 Å². The van der Waals surface area contributed by atoms with Crippen LogP contribution in [0.2, 0.25) is 0 Å². The molecule has 0 aliphatic carbocycles. The van der Waals surface area contributed by atoms with Crippen LogP contribution in [0.25, 0.3) is 0 Å². The van der Waals surface area contributed by atoms with Crippen molar-refractivity contribution in [2.75, 3.05) is 13.2 Å². The average Bonchev–Trinajstić information content (AvgIpc) is 3.26. The molecule has 0 aliphatic heterocycles. The fourth-order valence-corrected chi connectivity index (χ4v) is 6.94. The molecule has 61 heavy (non-hydrogen) atoms. The summed E-state index contributed by atoms with van der Waals surface area (Å²) in [5, 5.41) is 0. The Morgan fingerprint density at radius 2 is 0.639 bits per heavy atom. The van der Waals surface area contributed by atoms with Crippen molar-refractivity contribution in [2.45, 2.75) is 245 Å². The number of unbranched alkanes of at least 4 members (excludes halogenated alkanes) is 22. The molecule has 0 fully saturated rings. The van der Waals surface area contributed by atoms with Crippen LogP contribution in [0.5, 0.6) is 0 Å². The van der Waals surface area contributed by atoms with Crippen LogP contribution in [-0.4, -0.2) is 37.2 Å². The first-order chi connectivity index (χ1) is 30.0. The maximum atomic E-state index is 12.8. The van der Waals surface area contributed by atoms with Crippen LogP contribution in [0.15, 0.2) is 72.9 Å². The van der Waals surface area contributed by atoms with Gasteiger partial charge in [-0.25, -0.2) is 0 Å². The van der Waals surface area contributed by atoms with Crippen molar-refractivity contribution in [3.8, 4) is 0 Å². The van der Waals surface area contributed by atoms with Crippen molar-refractivity contribution < 1.29 is 28.6 Å². The highest BCUT2D eigenvalue weighted by molar-refractivity contribution is 5.71. The van der Waals surface area contributed by atoms with E-state index in [0.29, 0.717) is 19.3 Å². The first-order valence-electron chi connectivity index (χ1n) is 25.4. The van der Waals surface area contributed by atoms with Crippen LogP contribution < -0.4 is 0 Å². The first kappa shape index (κ1) is 57.9. The van der Waals surface area contributed by atoms with E-state index in [-0.39, 0.29) is 37.5 Å². The number of esters is 3. The summed E-state index contributed by atoms with van der Waals surface area (Å²) in [6.07, 6.45) is 61.8. The number of carbonyl (C=O) groups is 3. The highest BCUT2D eigenvalue weighted by atomic mass is 16.6. The molecule has 1 atom stereocenters. The number of rotatable bonds is 45. The number of hydrogen-bond donors (Lipinski definition) is 0. The molecule has 0 saturated heterocycles. The van der Waals surface area contributed by atoms with Crippen molar-refractivity contribution in [2.24, 2.45) is 0 Å². The largest absolute Gasteiger partial charge is 0.462 e. The Kier molecular flexibility index (Phi) is 46.9. The predicted octanol–water partition coefficient (Wildman–Crippen LogP) is 16.6. The second-order valence-corrected chi connectivity index (χ2v) is 16.7. The van der Waals surface area contributed by atoms with Crippen molar-refractivity contribution in [3.05, 3.63) is 72.9 Å². The second kappa shape index (κ2) is 49.5. The molecule has 0 aromatic rings. The molecular weight excluding hydrogens is 757 g/mol. The van der Waals surface area contributed by atoms with Crippen LogP contribution in [0.3, 0.4) is 0 Å². The standard InChI is InChI=1S/C55H94O6/c1-4-7-10-13-16-19-22-24-26-27-28-29-30-32-33-36-39-42-45-48-54(57)60-51-52(50-59-53(56)47-44-41-38-35-21-18-15-12-9-6-3)61-55(58)49-46-43-40-37-34-31-25-23-20-17-14-11-8-5-2/h7,10,16,19,24,26,28-29,32-33,39,42,52H,4-6,8-9,11-15,17-18,20-23,25,27,30-31,34-38,40-41,43-51H2,1-3H3/b10-7-,19-16-,26-24-,29-28-,33-32-,42-39-. The number of carbonyl (C=O) groups excluding carboxylic acids is 3. The lowest BCUT2D eigenvalue weighted by Crippen LogP contribution is -2.30. The van der Waals surface area contributed by atoms with E-state index in [0.717, 1.165) is 77.0 Å². The molecule has 0 radical (unpaired) electrons. The summed E-state index contributed by atoms with van der Waals surface area (Å²) in [6, 6.07) is 0. The normalized spacial score (nSPS) is 12.6. The van der Waals surface area contributed by atoms with Crippen molar-refractivity contribution in [1.82, 2.24) is 0 Å². The molecule has 0 rings (SSSR count). The van der Waals surface area contributed by atoms with E-state index in [1.165, 1.54) is 116 Å². The number of hydrogen-bond acceptors (Lipinski definition) is 6. The molecule has 0 amide bonds. The van der Waals surface area contributed by atoms with E-state index in [4.69, 9.17) is 14.2 Å². The lowest BCUT2D eigenvalue weighted by Gasteiger charge is -2.18. The van der Waals surface area contributed by atoms with E-state index >= 15 is 0 Å². The topological polar surface area (TPSA) is 78.9 Å². The van der Waals surface area contributed by atoms with Gasteiger partial charge in [-0.05, 0) is 57.8 Å². The van der Waals surface area contributed by atoms with Crippen LogP contribution >= 0.6 is 0 Å². The van der Waals surface area contributed by atoms with Gasteiger partial charge < -0.3 is 14.2 Å². The molecule has 0 N–H and O–H groups in total. The minimum absolute atomic E-state index is 0.0957. The lowest BCUT2D eigenvalue weighted by molar-refractivity contribution is -0.166. The zero-order valence-electron chi connectivity index (χ0n) is 39.9. The van der Waals surface area contributed by atoms with Gasteiger partial charge in [0.05, 0.1) is 0 Å². The lowest BCUT2D eigenvalue weighted by atomic mass is 10.0. The second-order valence-electron chi connectivity index (χ2n) is 16.7. The first-order valence-corrected chi connectivity index (χ1v) is 25.4. The average molecular weight is 851 g/mol. The van der Waals surface area contributed by atoms with Crippen LogP contribution in [0.4, 0.5) is 0 Å². The quantitative estimate of drug-likeness (QED) is 0.0263. The molecule has 0 spiro atoms. The van der Waals surface area contributed by atoms with Gasteiger partial charge in [-0.3, -0.25) is 14.4 Å². The van der Waals surface area contributed by atoms with Gasteiger partial charge in [-0.15, -0.1) is 0 Å². The summed E-state index contributed by atoms with van der Waals surface area (Å²) in [5.41, 5.74) is 0. The fourth-order valence-electron chi connectivity index (χ4n) is 6.94. The van der Waals surface area contributed by atoms with Gasteiger partial charge in [0.1, 0.15) is 13.2 Å². The summed E-state index contributed by atoms with van der Waals surface area (Å²) in [7, 11) is 0. The van der Waals surface area contributed by atoms with Gasteiger partial charge >= 0.3 is 17.9 Å². The highest BCUT2D eigenvalue weighted by Gasteiger charge is 2.19. The monoisotopic (exact) mass is 851 g/mol. The molecule has 0 aliphatic rings. The minimum Gasteiger partial charge on any atom is -0.462 e. The zero-order chi connectivity index (χ0) is 44.4. The Balaban J connectivity index is 4.45. The Bertz CT molecular complexity index is 1160. The maximum absolute atomic E-state index is 12.8. The summed E-state index contributed by atoms with van der Waals surface area (Å²) in [6.45, 7) is 6.45. The fraction of sp³-hybridized carbons (Fsp3) is 0.727. The maximum Gasteiger partial charge on any atom is 0.306 e. The third-order valence-electron chi connectivity index (χ3n) is 10.7. The molecule has 6 nitrogen and oxygen atoms in total. The summed E-state index contributed by atoms with van der Waals surface area (Å²) in [5.74, 6) is -0.982. The highest BCUT2D eigenvalue weighted by Crippen LogP contribution is 2.15. The summed E-state index contributed by atoms with van der Waals surface area (Å²) >= 11 is 0.